The van der Waals surface area contributed by atoms with Crippen molar-refractivity contribution in [3.63, 3.8) is 0 Å². The van der Waals surface area contributed by atoms with Crippen LogP contribution in [-0.2, 0) is 16.6 Å². The molecule has 0 fully saturated rings. The van der Waals surface area contributed by atoms with Crippen LogP contribution in [0, 0.1) is 0 Å². The maximum absolute atomic E-state index is 13.8. The average Bonchev–Trinajstić information content (AvgIpc) is 3.18. The molecule has 3 nitrogen and oxygen atoms in total. The Kier molecular flexibility index (Phi) is 3.35. The largest absolute Gasteiger partial charge is 0.314 e. The first kappa shape index (κ1) is 16.0. The molecule has 1 unspecified atom stereocenters. The zero-order chi connectivity index (χ0) is 18.6. The number of benzene rings is 3. The highest BCUT2D eigenvalue weighted by molar-refractivity contribution is 6.33. The second kappa shape index (κ2) is 5.65. The normalized spacial score (nSPS) is 20.0. The van der Waals surface area contributed by atoms with E-state index in [0.717, 1.165) is 40.2 Å². The summed E-state index contributed by atoms with van der Waals surface area (Å²) in [5.74, 6) is 0.0679. The quantitative estimate of drug-likeness (QED) is 0.661. The lowest BCUT2D eigenvalue weighted by Gasteiger charge is -2.27. The second-order valence-corrected chi connectivity index (χ2v) is 7.16. The summed E-state index contributed by atoms with van der Waals surface area (Å²) in [5, 5.41) is 0. The van der Waals surface area contributed by atoms with Gasteiger partial charge >= 0.3 is 0 Å². The maximum Gasteiger partial charge on any atom is 0.248 e. The SMILES string of the molecule is CCc1ccc2c(c1)C1(C(=O)N(C)c3ccccc31)C(c1ccccc1)=N2. The molecule has 2 aliphatic heterocycles. The molecule has 0 saturated carbocycles. The number of hydrogen-bond donors (Lipinski definition) is 0. The molecule has 0 N–H and O–H groups in total. The Bertz CT molecular complexity index is 1100. The Morgan fingerprint density at radius 1 is 0.926 bits per heavy atom. The Balaban J connectivity index is 1.88. The van der Waals surface area contributed by atoms with Gasteiger partial charge < -0.3 is 4.90 Å². The van der Waals surface area contributed by atoms with E-state index in [1.165, 1.54) is 5.56 Å². The van der Waals surface area contributed by atoms with Crippen molar-refractivity contribution in [2.45, 2.75) is 18.8 Å². The topological polar surface area (TPSA) is 32.7 Å². The lowest BCUT2D eigenvalue weighted by Crippen LogP contribution is -2.44. The van der Waals surface area contributed by atoms with Gasteiger partial charge in [0, 0.05) is 23.9 Å². The van der Waals surface area contributed by atoms with Crippen LogP contribution < -0.4 is 4.90 Å². The minimum absolute atomic E-state index is 0.0679. The predicted molar refractivity (Wildman–Crippen MR) is 109 cm³/mol. The number of aryl methyl sites for hydroxylation is 1. The second-order valence-electron chi connectivity index (χ2n) is 7.16. The number of carbonyl (C=O) groups excluding carboxylic acids is 1. The van der Waals surface area contributed by atoms with Gasteiger partial charge in [0.2, 0.25) is 5.91 Å². The van der Waals surface area contributed by atoms with Crippen LogP contribution in [0.25, 0.3) is 0 Å². The van der Waals surface area contributed by atoms with Crippen molar-refractivity contribution < 1.29 is 4.79 Å². The van der Waals surface area contributed by atoms with Gasteiger partial charge in [-0.2, -0.15) is 0 Å². The van der Waals surface area contributed by atoms with Gasteiger partial charge in [-0.1, -0.05) is 67.6 Å². The van der Waals surface area contributed by atoms with Crippen LogP contribution in [0.1, 0.15) is 29.2 Å². The summed E-state index contributed by atoms with van der Waals surface area (Å²) in [6.45, 7) is 2.14. The van der Waals surface area contributed by atoms with Gasteiger partial charge in [-0.05, 0) is 29.7 Å². The zero-order valence-corrected chi connectivity index (χ0v) is 15.4. The number of rotatable bonds is 2. The van der Waals surface area contributed by atoms with Crippen LogP contribution in [0.15, 0.2) is 77.8 Å². The van der Waals surface area contributed by atoms with Crippen molar-refractivity contribution in [1.29, 1.82) is 0 Å². The first-order chi connectivity index (χ1) is 13.2. The third kappa shape index (κ3) is 1.97. The van der Waals surface area contributed by atoms with Crippen molar-refractivity contribution in [2.24, 2.45) is 4.99 Å². The van der Waals surface area contributed by atoms with Crippen molar-refractivity contribution in [2.75, 3.05) is 11.9 Å². The molecule has 132 valence electrons. The Hall–Kier alpha value is -3.20. The summed E-state index contributed by atoms with van der Waals surface area (Å²) in [6, 6.07) is 24.5. The van der Waals surface area contributed by atoms with E-state index in [9.17, 15) is 4.79 Å². The minimum atomic E-state index is -0.868. The fourth-order valence-electron chi connectivity index (χ4n) is 4.46. The van der Waals surface area contributed by atoms with Crippen molar-refractivity contribution >= 4 is 23.0 Å². The average molecular weight is 352 g/mol. The van der Waals surface area contributed by atoms with E-state index in [0.29, 0.717) is 0 Å². The van der Waals surface area contributed by atoms with Crippen LogP contribution in [0.5, 0.6) is 0 Å². The fourth-order valence-corrected chi connectivity index (χ4v) is 4.46. The molecule has 0 saturated heterocycles. The number of amides is 1. The highest BCUT2D eigenvalue weighted by Gasteiger charge is 2.58. The smallest absolute Gasteiger partial charge is 0.248 e. The Morgan fingerprint density at radius 2 is 1.67 bits per heavy atom. The number of hydrogen-bond acceptors (Lipinski definition) is 2. The summed E-state index contributed by atoms with van der Waals surface area (Å²) in [4.78, 5) is 20.5. The molecule has 3 aromatic rings. The number of carbonyl (C=O) groups is 1. The van der Waals surface area contributed by atoms with Crippen LogP contribution in [0.4, 0.5) is 11.4 Å². The molecule has 1 atom stereocenters. The lowest BCUT2D eigenvalue weighted by atomic mass is 9.70. The van der Waals surface area contributed by atoms with Crippen molar-refractivity contribution in [3.05, 3.63) is 95.1 Å². The highest BCUT2D eigenvalue weighted by Crippen LogP contribution is 2.54. The molecule has 2 heterocycles. The third-order valence-electron chi connectivity index (χ3n) is 5.80. The van der Waals surface area contributed by atoms with Crippen LogP contribution in [0.3, 0.4) is 0 Å². The molecular weight excluding hydrogens is 332 g/mol. The van der Waals surface area contributed by atoms with Crippen molar-refractivity contribution in [3.8, 4) is 0 Å². The number of anilines is 1. The van der Waals surface area contributed by atoms with E-state index in [2.05, 4.69) is 31.2 Å². The zero-order valence-electron chi connectivity index (χ0n) is 15.4. The van der Waals surface area contributed by atoms with Gasteiger partial charge in [0.05, 0.1) is 11.4 Å². The molecule has 2 aliphatic rings. The summed E-state index contributed by atoms with van der Waals surface area (Å²) in [5.41, 5.74) is 6.04. The fraction of sp³-hybridized carbons (Fsp3) is 0.167. The molecular formula is C24H20N2O. The monoisotopic (exact) mass is 352 g/mol. The molecule has 0 aliphatic carbocycles. The number of likely N-dealkylation sites (N-methyl/N-ethyl adjacent to an activating group) is 1. The van der Waals surface area contributed by atoms with E-state index < -0.39 is 5.41 Å². The van der Waals surface area contributed by atoms with E-state index in [-0.39, 0.29) is 5.91 Å². The van der Waals surface area contributed by atoms with E-state index in [4.69, 9.17) is 4.99 Å². The first-order valence-electron chi connectivity index (χ1n) is 9.33. The van der Waals surface area contributed by atoms with Crippen LogP contribution >= 0.6 is 0 Å². The number of nitrogens with zero attached hydrogens (tertiary/aromatic N) is 2. The Labute approximate surface area is 159 Å². The van der Waals surface area contributed by atoms with Gasteiger partial charge in [-0.15, -0.1) is 0 Å². The first-order valence-corrected chi connectivity index (χ1v) is 9.33. The van der Waals surface area contributed by atoms with Crippen molar-refractivity contribution in [1.82, 2.24) is 0 Å². The number of aliphatic imine (C=N–C) groups is 1. The van der Waals surface area contributed by atoms with Gasteiger partial charge in [0.25, 0.3) is 0 Å². The van der Waals surface area contributed by atoms with Gasteiger partial charge in [0.1, 0.15) is 5.41 Å². The predicted octanol–water partition coefficient (Wildman–Crippen LogP) is 4.65. The standard InChI is InChI=1S/C24H20N2O/c1-3-16-13-14-20-19(15-16)24(22(25-20)17-9-5-4-6-10-17)18-11-7-8-12-21(18)26(2)23(24)27/h4-15H,3H2,1-2H3. The minimum Gasteiger partial charge on any atom is -0.314 e. The summed E-state index contributed by atoms with van der Waals surface area (Å²) in [7, 11) is 1.86. The molecule has 5 rings (SSSR count). The Morgan fingerprint density at radius 3 is 2.44 bits per heavy atom. The lowest BCUT2D eigenvalue weighted by molar-refractivity contribution is -0.119. The van der Waals surface area contributed by atoms with Crippen LogP contribution in [0.2, 0.25) is 0 Å². The maximum atomic E-state index is 13.8. The molecule has 1 amide bonds. The molecule has 0 radical (unpaired) electrons. The highest BCUT2D eigenvalue weighted by atomic mass is 16.2. The molecule has 1 spiro atoms. The molecule has 0 bridgehead atoms. The van der Waals surface area contributed by atoms with Gasteiger partial charge in [-0.25, -0.2) is 0 Å². The van der Waals surface area contributed by atoms with Gasteiger partial charge in [-0.3, -0.25) is 9.79 Å². The van der Waals surface area contributed by atoms with Crippen LogP contribution in [-0.4, -0.2) is 18.7 Å². The van der Waals surface area contributed by atoms with E-state index >= 15 is 0 Å². The van der Waals surface area contributed by atoms with Gasteiger partial charge in [0.15, 0.2) is 0 Å². The molecule has 3 heteroatoms. The summed E-state index contributed by atoms with van der Waals surface area (Å²) < 4.78 is 0. The number of para-hydroxylation sites is 1. The summed E-state index contributed by atoms with van der Waals surface area (Å²) >= 11 is 0. The molecule has 27 heavy (non-hydrogen) atoms. The third-order valence-corrected chi connectivity index (χ3v) is 5.80. The van der Waals surface area contributed by atoms with E-state index in [1.54, 1.807) is 4.90 Å². The number of fused-ring (bicyclic) bond motifs is 4. The summed E-state index contributed by atoms with van der Waals surface area (Å²) in [6.07, 6.45) is 0.926. The molecule has 3 aromatic carbocycles. The molecule has 0 aromatic heterocycles. The van der Waals surface area contributed by atoms with E-state index in [1.807, 2.05) is 55.6 Å².